The number of rotatable bonds is 1. The molecule has 0 heterocycles. The molecule has 76 valence electrons. The summed E-state index contributed by atoms with van der Waals surface area (Å²) in [6, 6.07) is 0. The van der Waals surface area contributed by atoms with E-state index in [0.717, 1.165) is 0 Å². The van der Waals surface area contributed by atoms with Crippen molar-refractivity contribution in [2.75, 3.05) is 7.11 Å². The highest BCUT2D eigenvalue weighted by Crippen LogP contribution is 2.19. The summed E-state index contributed by atoms with van der Waals surface area (Å²) in [5, 5.41) is 36.6. The number of ketones is 1. The molecule has 0 bridgehead atoms. The number of aliphatic hydroxyl groups is 4. The molecule has 1 aliphatic carbocycles. The Morgan fingerprint density at radius 2 is 1.62 bits per heavy atom. The minimum Gasteiger partial charge on any atom is -0.387 e. The van der Waals surface area contributed by atoms with Crippen LogP contribution in [0.5, 0.6) is 0 Å². The number of hydrogen-bond donors (Lipinski definition) is 4. The summed E-state index contributed by atoms with van der Waals surface area (Å²) in [7, 11) is 1.19. The lowest BCUT2D eigenvalue weighted by Gasteiger charge is -2.36. The van der Waals surface area contributed by atoms with Gasteiger partial charge < -0.3 is 25.2 Å². The molecular weight excluding hydrogens is 180 g/mol. The van der Waals surface area contributed by atoms with E-state index in [-0.39, 0.29) is 0 Å². The average molecular weight is 192 g/mol. The number of Topliss-reactive ketones (excluding diaryl/α,β-unsaturated/α-hetero) is 1. The maximum absolute atomic E-state index is 11.0. The third kappa shape index (κ3) is 1.59. The Balaban J connectivity index is 2.85. The molecule has 6 nitrogen and oxygen atoms in total. The first-order chi connectivity index (χ1) is 6.00. The lowest BCUT2D eigenvalue weighted by molar-refractivity contribution is -0.190. The number of ether oxygens (including phenoxy) is 1. The van der Waals surface area contributed by atoms with Crippen molar-refractivity contribution >= 4 is 5.78 Å². The maximum atomic E-state index is 11.0. The standard InChI is InChI=1S/C7H12O6/c1-13-7-5(11)3(9)2(8)4(10)6(7)12/h2-3,5-9,11-12H,1H3. The summed E-state index contributed by atoms with van der Waals surface area (Å²) >= 11 is 0. The Morgan fingerprint density at radius 1 is 1.08 bits per heavy atom. The SMILES string of the molecule is COC1C(O)C(=O)C(O)C(O)C1O. The lowest BCUT2D eigenvalue weighted by atomic mass is 9.86. The van der Waals surface area contributed by atoms with Gasteiger partial charge in [0.2, 0.25) is 0 Å². The molecule has 5 atom stereocenters. The molecule has 5 unspecified atom stereocenters. The van der Waals surface area contributed by atoms with Crippen LogP contribution in [0.25, 0.3) is 0 Å². The molecule has 13 heavy (non-hydrogen) atoms. The van der Waals surface area contributed by atoms with Crippen LogP contribution in [0.15, 0.2) is 0 Å². The molecule has 0 aromatic carbocycles. The number of aliphatic hydroxyl groups excluding tert-OH is 4. The van der Waals surface area contributed by atoms with Gasteiger partial charge in [0.15, 0.2) is 5.78 Å². The van der Waals surface area contributed by atoms with E-state index in [4.69, 9.17) is 10.2 Å². The Hall–Kier alpha value is -0.530. The van der Waals surface area contributed by atoms with Crippen LogP contribution in [0.4, 0.5) is 0 Å². The minimum atomic E-state index is -1.75. The van der Waals surface area contributed by atoms with Gasteiger partial charge in [-0.25, -0.2) is 0 Å². The van der Waals surface area contributed by atoms with Crippen LogP contribution in [0.2, 0.25) is 0 Å². The molecule has 4 N–H and O–H groups in total. The number of methoxy groups -OCH3 is 1. The van der Waals surface area contributed by atoms with Crippen molar-refractivity contribution in [2.24, 2.45) is 0 Å². The number of carbonyl (C=O) groups is 1. The zero-order chi connectivity index (χ0) is 10.2. The van der Waals surface area contributed by atoms with Crippen LogP contribution in [0.3, 0.4) is 0 Å². The summed E-state index contributed by atoms with van der Waals surface area (Å²) in [5.74, 6) is -0.940. The second kappa shape index (κ2) is 3.69. The second-order valence-corrected chi connectivity index (χ2v) is 2.97. The largest absolute Gasteiger partial charge is 0.387 e. The average Bonchev–Trinajstić information content (AvgIpc) is 2.13. The highest BCUT2D eigenvalue weighted by atomic mass is 16.5. The zero-order valence-corrected chi connectivity index (χ0v) is 6.99. The third-order valence-electron chi connectivity index (χ3n) is 2.18. The first-order valence-corrected chi connectivity index (χ1v) is 3.79. The fourth-order valence-electron chi connectivity index (χ4n) is 1.34. The monoisotopic (exact) mass is 192 g/mol. The van der Waals surface area contributed by atoms with Crippen molar-refractivity contribution in [3.8, 4) is 0 Å². The quantitative estimate of drug-likeness (QED) is 0.353. The summed E-state index contributed by atoms with van der Waals surface area (Å²) in [4.78, 5) is 11.0. The van der Waals surface area contributed by atoms with Gasteiger partial charge >= 0.3 is 0 Å². The van der Waals surface area contributed by atoms with E-state index in [1.54, 1.807) is 0 Å². The van der Waals surface area contributed by atoms with Crippen molar-refractivity contribution in [1.29, 1.82) is 0 Å². The molecule has 0 spiro atoms. The summed E-state index contributed by atoms with van der Waals surface area (Å²) in [5.41, 5.74) is 0. The predicted molar refractivity (Wildman–Crippen MR) is 39.8 cm³/mol. The fraction of sp³-hybridized carbons (Fsp3) is 0.857. The summed E-state index contributed by atoms with van der Waals surface area (Å²) in [6.45, 7) is 0. The van der Waals surface area contributed by atoms with Gasteiger partial charge in [0.05, 0.1) is 0 Å². The molecule has 0 amide bonds. The Morgan fingerprint density at radius 3 is 2.08 bits per heavy atom. The van der Waals surface area contributed by atoms with E-state index < -0.39 is 36.3 Å². The van der Waals surface area contributed by atoms with Gasteiger partial charge in [-0.15, -0.1) is 0 Å². The van der Waals surface area contributed by atoms with Gasteiger partial charge in [0, 0.05) is 7.11 Å². The van der Waals surface area contributed by atoms with Crippen molar-refractivity contribution in [2.45, 2.75) is 30.5 Å². The molecule has 0 saturated heterocycles. The zero-order valence-electron chi connectivity index (χ0n) is 6.99. The highest BCUT2D eigenvalue weighted by molar-refractivity contribution is 5.89. The molecule has 1 fully saturated rings. The molecule has 0 radical (unpaired) electrons. The Kier molecular flexibility index (Phi) is 2.99. The van der Waals surface area contributed by atoms with Crippen LogP contribution in [0.1, 0.15) is 0 Å². The van der Waals surface area contributed by atoms with Crippen LogP contribution >= 0.6 is 0 Å². The molecule has 6 heteroatoms. The summed E-state index contributed by atoms with van der Waals surface area (Å²) in [6.07, 6.45) is -7.62. The first-order valence-electron chi connectivity index (χ1n) is 3.79. The van der Waals surface area contributed by atoms with Crippen LogP contribution < -0.4 is 0 Å². The van der Waals surface area contributed by atoms with Gasteiger partial charge in [-0.1, -0.05) is 0 Å². The van der Waals surface area contributed by atoms with E-state index in [0.29, 0.717) is 0 Å². The van der Waals surface area contributed by atoms with E-state index in [2.05, 4.69) is 4.74 Å². The smallest absolute Gasteiger partial charge is 0.195 e. The van der Waals surface area contributed by atoms with Gasteiger partial charge in [-0.3, -0.25) is 4.79 Å². The fourth-order valence-corrected chi connectivity index (χ4v) is 1.34. The number of hydrogen-bond acceptors (Lipinski definition) is 6. The minimum absolute atomic E-state index is 0.940. The van der Waals surface area contributed by atoms with E-state index in [1.807, 2.05) is 0 Å². The Bertz CT molecular complexity index is 205. The maximum Gasteiger partial charge on any atom is 0.195 e. The van der Waals surface area contributed by atoms with Crippen LogP contribution in [-0.4, -0.2) is 63.8 Å². The first kappa shape index (κ1) is 10.6. The van der Waals surface area contributed by atoms with Crippen molar-refractivity contribution in [3.63, 3.8) is 0 Å². The molecule has 1 saturated carbocycles. The third-order valence-corrected chi connectivity index (χ3v) is 2.18. The predicted octanol–water partition coefficient (Wildman–Crippen LogP) is -2.97. The van der Waals surface area contributed by atoms with Crippen molar-refractivity contribution < 1.29 is 30.0 Å². The molecule has 1 rings (SSSR count). The second-order valence-electron chi connectivity index (χ2n) is 2.97. The summed E-state index contributed by atoms with van der Waals surface area (Å²) < 4.78 is 4.61. The molecule has 0 aromatic heterocycles. The van der Waals surface area contributed by atoms with Gasteiger partial charge in [-0.05, 0) is 0 Å². The highest BCUT2D eigenvalue weighted by Gasteiger charge is 2.48. The van der Waals surface area contributed by atoms with Crippen molar-refractivity contribution in [1.82, 2.24) is 0 Å². The lowest BCUT2D eigenvalue weighted by Crippen LogP contribution is -2.62. The van der Waals surface area contributed by atoms with Crippen molar-refractivity contribution in [3.05, 3.63) is 0 Å². The Labute approximate surface area is 74.4 Å². The van der Waals surface area contributed by atoms with E-state index in [1.165, 1.54) is 7.11 Å². The van der Waals surface area contributed by atoms with E-state index in [9.17, 15) is 15.0 Å². The molecular formula is C7H12O6. The van der Waals surface area contributed by atoms with Crippen LogP contribution in [-0.2, 0) is 9.53 Å². The molecule has 1 aliphatic rings. The van der Waals surface area contributed by atoms with Crippen LogP contribution in [0, 0.1) is 0 Å². The molecule has 0 aromatic rings. The topological polar surface area (TPSA) is 107 Å². The van der Waals surface area contributed by atoms with Gasteiger partial charge in [-0.2, -0.15) is 0 Å². The molecule has 0 aliphatic heterocycles. The van der Waals surface area contributed by atoms with Gasteiger partial charge in [0.1, 0.15) is 30.5 Å². The van der Waals surface area contributed by atoms with E-state index >= 15 is 0 Å². The van der Waals surface area contributed by atoms with Gasteiger partial charge in [0.25, 0.3) is 0 Å². The number of carbonyl (C=O) groups excluding carboxylic acids is 1. The normalized spacial score (nSPS) is 46.5.